The molecule has 3 aromatic rings. The Morgan fingerprint density at radius 2 is 1.73 bits per heavy atom. The van der Waals surface area contributed by atoms with Crippen LogP contribution in [0, 0.1) is 5.92 Å². The summed E-state index contributed by atoms with van der Waals surface area (Å²) < 4.78 is 63.3. The van der Waals surface area contributed by atoms with E-state index in [1.807, 2.05) is 24.3 Å². The second-order valence-corrected chi connectivity index (χ2v) is 12.4. The fourth-order valence-corrected chi connectivity index (χ4v) is 6.79. The maximum absolute atomic E-state index is 13.0. The second kappa shape index (κ2) is 12.9. The molecule has 7 atom stereocenters. The molecule has 6 N–H and O–H groups in total. The lowest BCUT2D eigenvalue weighted by atomic mass is 9.77. The lowest BCUT2D eigenvalue weighted by Crippen LogP contribution is -2.63. The number of hydrogen-bond donors (Lipinski definition) is 6. The maximum atomic E-state index is 13.0. The molecule has 3 aromatic carbocycles. The Hall–Kier alpha value is -4.25. The van der Waals surface area contributed by atoms with E-state index in [2.05, 4.69) is 5.32 Å². The van der Waals surface area contributed by atoms with Crippen LogP contribution < -0.4 is 14.8 Å². The van der Waals surface area contributed by atoms with Crippen molar-refractivity contribution in [3.05, 3.63) is 82.9 Å². The number of benzene rings is 3. The minimum absolute atomic E-state index is 0.119. The minimum atomic E-state index is -4.48. The number of anilines is 1. The third-order valence-corrected chi connectivity index (χ3v) is 9.02. The van der Waals surface area contributed by atoms with E-state index in [0.717, 1.165) is 11.1 Å². The molecule has 12 nitrogen and oxygen atoms in total. The van der Waals surface area contributed by atoms with Gasteiger partial charge in [-0.25, -0.2) is 4.79 Å². The van der Waals surface area contributed by atoms with Crippen LogP contribution >= 0.6 is 0 Å². The van der Waals surface area contributed by atoms with E-state index in [-0.39, 0.29) is 36.0 Å². The molecule has 15 heteroatoms. The molecule has 0 amide bonds. The number of aliphatic hydroxyl groups excluding tert-OH is 4. The van der Waals surface area contributed by atoms with Crippen LogP contribution in [0.3, 0.4) is 0 Å². The van der Waals surface area contributed by atoms with E-state index in [1.54, 1.807) is 12.1 Å². The number of nitrogens with one attached hydrogen (secondary N) is 1. The predicted octanol–water partition coefficient (Wildman–Crippen LogP) is 3.21. The fourth-order valence-electron chi connectivity index (χ4n) is 6.79. The highest BCUT2D eigenvalue weighted by atomic mass is 19.4. The zero-order valence-corrected chi connectivity index (χ0v) is 26.0. The molecule has 3 aliphatic rings. The Labute approximate surface area is 277 Å². The highest BCUT2D eigenvalue weighted by Gasteiger charge is 2.57. The van der Waals surface area contributed by atoms with Crippen LogP contribution in [-0.2, 0) is 31.3 Å². The van der Waals surface area contributed by atoms with Crippen LogP contribution in [0.2, 0.25) is 0 Å². The van der Waals surface area contributed by atoms with Crippen molar-refractivity contribution in [2.45, 2.75) is 68.4 Å². The number of carbonyl (C=O) groups is 2. The third kappa shape index (κ3) is 6.33. The van der Waals surface area contributed by atoms with Crippen molar-refractivity contribution in [2.75, 3.05) is 18.5 Å². The number of carbonyl (C=O) groups excluding carboxylic acids is 1. The first-order valence-electron chi connectivity index (χ1n) is 15.4. The van der Waals surface area contributed by atoms with E-state index in [1.165, 1.54) is 31.2 Å². The van der Waals surface area contributed by atoms with E-state index >= 15 is 0 Å². The summed E-state index contributed by atoms with van der Waals surface area (Å²) in [6.07, 6.45) is -12.4. The number of aliphatic hydroxyl groups is 4. The number of ether oxygens (including phenoxy) is 4. The van der Waals surface area contributed by atoms with Gasteiger partial charge in [-0.1, -0.05) is 24.3 Å². The average Bonchev–Trinajstić information content (AvgIpc) is 3.43. The zero-order valence-electron chi connectivity index (χ0n) is 26.0. The normalized spacial score (nSPS) is 26.9. The van der Waals surface area contributed by atoms with Crippen LogP contribution in [0.1, 0.15) is 42.0 Å². The molecule has 3 aliphatic heterocycles. The van der Waals surface area contributed by atoms with Gasteiger partial charge in [0, 0.05) is 41.3 Å². The highest BCUT2D eigenvalue weighted by Crippen LogP contribution is 2.57. The summed E-state index contributed by atoms with van der Waals surface area (Å²) in [6, 6.07) is 16.3. The number of carboxylic acids is 1. The van der Waals surface area contributed by atoms with Gasteiger partial charge < -0.3 is 54.6 Å². The first-order chi connectivity index (χ1) is 23.2. The van der Waals surface area contributed by atoms with Gasteiger partial charge in [-0.2, -0.15) is 13.2 Å². The lowest BCUT2D eigenvalue weighted by molar-refractivity contribution is -0.293. The van der Waals surface area contributed by atoms with Crippen molar-refractivity contribution >= 4 is 17.4 Å². The molecule has 0 bridgehead atoms. The number of rotatable bonds is 10. The van der Waals surface area contributed by atoms with Gasteiger partial charge in [-0.05, 0) is 42.3 Å². The van der Waals surface area contributed by atoms with Gasteiger partial charge in [0.25, 0.3) is 0 Å². The van der Waals surface area contributed by atoms with E-state index in [9.17, 15) is 48.3 Å². The van der Waals surface area contributed by atoms with Crippen molar-refractivity contribution in [3.8, 4) is 17.2 Å². The van der Waals surface area contributed by atoms with E-state index in [0.29, 0.717) is 11.1 Å². The van der Waals surface area contributed by atoms with Crippen LogP contribution in [0.15, 0.2) is 60.7 Å². The first-order valence-corrected chi connectivity index (χ1v) is 15.4. The average molecular weight is 690 g/mol. The number of ketones is 1. The molecular weight excluding hydrogens is 655 g/mol. The van der Waals surface area contributed by atoms with Crippen molar-refractivity contribution in [2.24, 2.45) is 5.92 Å². The van der Waals surface area contributed by atoms with Crippen molar-refractivity contribution in [1.29, 1.82) is 0 Å². The molecule has 1 spiro atoms. The number of halogens is 3. The van der Waals surface area contributed by atoms with Crippen LogP contribution in [0.25, 0.3) is 0 Å². The molecule has 3 heterocycles. The number of Topliss-reactive ketones (excluding diaryl/α,β-unsaturated/α-hetero) is 1. The third-order valence-electron chi connectivity index (χ3n) is 9.02. The SMILES string of the molecule is CC(=O)C[C@H]1[C@H]([C@H](O)[C@H](O)CO)O[C@@](Oc2ccc3c(c2)Oc2cc(NCC(F)(F)F)ccc2C32OCc3ccccc32)(C(=O)O)C[C@@H]1O. The molecular formula is C34H34F3NO11. The topological polar surface area (TPSA) is 184 Å². The molecule has 0 radical (unpaired) electrons. The van der Waals surface area contributed by atoms with Gasteiger partial charge in [-0.15, -0.1) is 0 Å². The molecule has 0 saturated carbocycles. The summed E-state index contributed by atoms with van der Waals surface area (Å²) in [5.74, 6) is -5.74. The Morgan fingerprint density at radius 3 is 2.41 bits per heavy atom. The summed E-state index contributed by atoms with van der Waals surface area (Å²) in [5, 5.41) is 54.1. The number of aliphatic carboxylic acids is 1. The summed E-state index contributed by atoms with van der Waals surface area (Å²) in [7, 11) is 0. The molecule has 0 aromatic heterocycles. The van der Waals surface area contributed by atoms with Gasteiger partial charge in [0.15, 0.2) is 5.60 Å². The smallest absolute Gasteiger partial charge is 0.405 e. The number of hydrogen-bond acceptors (Lipinski definition) is 11. The van der Waals surface area contributed by atoms with Crippen molar-refractivity contribution in [3.63, 3.8) is 0 Å². The Bertz CT molecular complexity index is 1750. The minimum Gasteiger partial charge on any atom is -0.476 e. The van der Waals surface area contributed by atoms with Crippen LogP contribution in [0.4, 0.5) is 18.9 Å². The van der Waals surface area contributed by atoms with Crippen molar-refractivity contribution in [1.82, 2.24) is 0 Å². The summed E-state index contributed by atoms with van der Waals surface area (Å²) in [5.41, 5.74) is 1.51. The highest BCUT2D eigenvalue weighted by molar-refractivity contribution is 5.78. The molecule has 49 heavy (non-hydrogen) atoms. The first kappa shape index (κ1) is 34.6. The predicted molar refractivity (Wildman–Crippen MR) is 163 cm³/mol. The Kier molecular flexibility index (Phi) is 9.11. The largest absolute Gasteiger partial charge is 0.476 e. The summed E-state index contributed by atoms with van der Waals surface area (Å²) in [6.45, 7) is -0.769. The van der Waals surface area contributed by atoms with E-state index < -0.39 is 79.2 Å². The molecule has 262 valence electrons. The summed E-state index contributed by atoms with van der Waals surface area (Å²) >= 11 is 0. The van der Waals surface area contributed by atoms with Gasteiger partial charge in [0.1, 0.15) is 41.8 Å². The fraction of sp³-hybridized carbons (Fsp3) is 0.412. The van der Waals surface area contributed by atoms with Gasteiger partial charge in [0.05, 0.1) is 31.8 Å². The molecule has 1 unspecified atom stereocenters. The van der Waals surface area contributed by atoms with Crippen molar-refractivity contribution < 1.29 is 67.2 Å². The molecule has 6 rings (SSSR count). The maximum Gasteiger partial charge on any atom is 0.405 e. The van der Waals surface area contributed by atoms with Crippen LogP contribution in [-0.4, -0.2) is 86.8 Å². The van der Waals surface area contributed by atoms with Gasteiger partial charge in [-0.3, -0.25) is 0 Å². The van der Waals surface area contributed by atoms with Gasteiger partial charge >= 0.3 is 17.9 Å². The van der Waals surface area contributed by atoms with Gasteiger partial charge in [0.2, 0.25) is 0 Å². The summed E-state index contributed by atoms with van der Waals surface area (Å²) in [4.78, 5) is 24.7. The number of alkyl halides is 3. The monoisotopic (exact) mass is 689 g/mol. The molecule has 0 aliphatic carbocycles. The zero-order chi connectivity index (χ0) is 35.3. The standard InChI is InChI=1S/C34H34F3NO11/c1-17(40)10-21-25(41)13-32(31(44)45,49-30(21)29(43)26(42)14-39)48-20-7-9-24-28(12-20)47-27-11-19(38-16-33(35,36)37)6-8-23(27)34(24)22-5-3-2-4-18(22)15-46-34/h2-9,11-12,21,25-26,29-30,38-39,41-43H,10,13-16H2,1H3,(H,44,45)/t21-,25+,26-,29-,30-,32-,34?/m1/s1. The Morgan fingerprint density at radius 1 is 1.04 bits per heavy atom. The molecule has 1 fully saturated rings. The second-order valence-electron chi connectivity index (χ2n) is 12.4. The quantitative estimate of drug-likeness (QED) is 0.183. The van der Waals surface area contributed by atoms with Crippen LogP contribution in [0.5, 0.6) is 17.2 Å². The lowest BCUT2D eigenvalue weighted by Gasteiger charge is -2.46. The number of carboxylic acid groups (broad SMARTS) is 1. The number of fused-ring (bicyclic) bond motifs is 6. The molecule has 1 saturated heterocycles. The Balaban J connectivity index is 1.40. The van der Waals surface area contributed by atoms with E-state index in [4.69, 9.17) is 18.9 Å².